The molecule has 0 atom stereocenters. The molecule has 0 aliphatic rings. The average molecular weight is 365 g/mol. The normalized spacial score (nSPS) is 12.8. The smallest absolute Gasteiger partial charge is 0.121 e. The topological polar surface area (TPSA) is 24.7 Å². The lowest BCUT2D eigenvalue weighted by molar-refractivity contribution is 1.65. The lowest BCUT2D eigenvalue weighted by Crippen LogP contribution is -2.03. The molecule has 0 saturated heterocycles. The fourth-order valence-corrected chi connectivity index (χ4v) is 14.7. The van der Waals surface area contributed by atoms with Crippen LogP contribution in [0.25, 0.3) is 0 Å². The number of nitrogens with zero attached hydrogens (tertiary/aromatic N) is 2. The maximum atomic E-state index is 5.31. The molecule has 0 unspecified atom stereocenters. The van der Waals surface area contributed by atoms with Crippen LogP contribution in [0, 0.1) is 0 Å². The Bertz CT molecular complexity index is 688. The van der Waals surface area contributed by atoms with E-state index in [1.165, 1.54) is 10.6 Å². The third kappa shape index (κ3) is 5.15. The van der Waals surface area contributed by atoms with E-state index in [1.54, 1.807) is 0 Å². The van der Waals surface area contributed by atoms with Crippen LogP contribution in [0.1, 0.15) is 0 Å². The van der Waals surface area contributed by atoms with E-state index >= 15 is 0 Å². The van der Waals surface area contributed by atoms with Gasteiger partial charge in [0.25, 0.3) is 0 Å². The molecule has 23 heavy (non-hydrogen) atoms. The molecule has 2 nitrogen and oxygen atoms in total. The Kier molecular flexibility index (Phi) is 5.73. The van der Waals surface area contributed by atoms with Crippen molar-refractivity contribution >= 4 is 32.3 Å². The molecule has 2 aromatic rings. The Hall–Kier alpha value is -0.670. The van der Waals surface area contributed by atoms with Gasteiger partial charge in [0.1, 0.15) is 0 Å². The first-order valence-electron chi connectivity index (χ1n) is 7.75. The predicted octanol–water partition coefficient (Wildman–Crippen LogP) is 5.67. The van der Waals surface area contributed by atoms with Gasteiger partial charge in [0.2, 0.25) is 7.56 Å². The second-order valence-electron chi connectivity index (χ2n) is 6.98. The van der Waals surface area contributed by atoms with E-state index in [9.17, 15) is 0 Å². The first-order chi connectivity index (χ1) is 10.6. The molecule has 0 N–H and O–H groups in total. The van der Waals surface area contributed by atoms with E-state index in [-0.39, 0.29) is 0 Å². The van der Waals surface area contributed by atoms with Crippen LogP contribution in [0.3, 0.4) is 0 Å². The van der Waals surface area contributed by atoms with E-state index in [0.717, 1.165) is 0 Å². The summed E-state index contributed by atoms with van der Waals surface area (Å²) in [5, 5.41) is 2.72. The minimum atomic E-state index is -1.67. The Labute approximate surface area is 142 Å². The van der Waals surface area contributed by atoms with Gasteiger partial charge in [-0.3, -0.25) is 0 Å². The molecule has 0 amide bonds. The fraction of sp³-hybridized carbons (Fsp3) is 0.333. The number of hydrogen-bond donors (Lipinski definition) is 0. The minimum Gasteiger partial charge on any atom is -0.121 e. The molecule has 0 radical (unpaired) electrons. The molecular formula is C18H28N2P3+. The van der Waals surface area contributed by atoms with Crippen LogP contribution in [-0.4, -0.2) is 40.0 Å². The van der Waals surface area contributed by atoms with Crippen molar-refractivity contribution in [3.63, 3.8) is 0 Å². The van der Waals surface area contributed by atoms with Crippen LogP contribution in [-0.2, 0) is 0 Å². The summed E-state index contributed by atoms with van der Waals surface area (Å²) in [5.74, 6) is 0. The van der Waals surface area contributed by atoms with Crippen molar-refractivity contribution in [3.8, 4) is 0 Å². The van der Waals surface area contributed by atoms with Crippen molar-refractivity contribution in [3.05, 3.63) is 60.7 Å². The van der Waals surface area contributed by atoms with Crippen molar-refractivity contribution in [1.82, 2.24) is 0 Å². The van der Waals surface area contributed by atoms with E-state index in [4.69, 9.17) is 9.03 Å². The van der Waals surface area contributed by atoms with Gasteiger partial charge in [-0.25, -0.2) is 0 Å². The second-order valence-corrected chi connectivity index (χ2v) is 17.7. The molecule has 0 aromatic heterocycles. The Morgan fingerprint density at radius 1 is 0.609 bits per heavy atom. The summed E-state index contributed by atoms with van der Waals surface area (Å²) in [6, 6.07) is 21.4. The highest BCUT2D eigenvalue weighted by molar-refractivity contribution is 7.87. The van der Waals surface area contributed by atoms with Crippen LogP contribution in [0.4, 0.5) is 0 Å². The van der Waals surface area contributed by atoms with Crippen molar-refractivity contribution in [2.75, 3.05) is 40.0 Å². The zero-order valence-corrected chi connectivity index (χ0v) is 17.7. The van der Waals surface area contributed by atoms with Crippen molar-refractivity contribution < 1.29 is 0 Å². The highest BCUT2D eigenvalue weighted by atomic mass is 31.2. The van der Waals surface area contributed by atoms with Gasteiger partial charge in [-0.2, -0.15) is 0 Å². The first-order valence-corrected chi connectivity index (χ1v) is 15.6. The number of hydrogen-bond acceptors (Lipinski definition) is 2. The molecule has 0 aliphatic carbocycles. The molecule has 2 aromatic carbocycles. The largest absolute Gasteiger partial charge is 0.240 e. The fourth-order valence-electron chi connectivity index (χ4n) is 2.80. The van der Waals surface area contributed by atoms with Crippen LogP contribution < -0.4 is 10.6 Å². The van der Waals surface area contributed by atoms with E-state index < -0.39 is 21.7 Å². The first kappa shape index (κ1) is 18.7. The van der Waals surface area contributed by atoms with Crippen LogP contribution in [0.15, 0.2) is 69.7 Å². The summed E-state index contributed by atoms with van der Waals surface area (Å²) < 4.78 is 10.6. The molecular weight excluding hydrogens is 337 g/mol. The molecule has 2 rings (SSSR count). The highest BCUT2D eigenvalue weighted by Crippen LogP contribution is 2.68. The third-order valence-corrected chi connectivity index (χ3v) is 13.9. The van der Waals surface area contributed by atoms with Crippen molar-refractivity contribution in [1.29, 1.82) is 0 Å². The Balaban J connectivity index is 2.46. The highest BCUT2D eigenvalue weighted by Gasteiger charge is 2.30. The SMILES string of the molecule is CP(C)(=N[P+](C)(C)N=P(C)(C)c1ccccc1)c1ccccc1. The maximum Gasteiger partial charge on any atom is 0.240 e. The minimum absolute atomic E-state index is 1.36. The van der Waals surface area contributed by atoms with Crippen LogP contribution in [0.2, 0.25) is 0 Å². The van der Waals surface area contributed by atoms with E-state index in [1.807, 2.05) is 0 Å². The van der Waals surface area contributed by atoms with Crippen LogP contribution in [0.5, 0.6) is 0 Å². The monoisotopic (exact) mass is 365 g/mol. The Morgan fingerprint density at radius 3 is 1.22 bits per heavy atom. The second kappa shape index (κ2) is 7.06. The van der Waals surface area contributed by atoms with Gasteiger partial charge in [0, 0.05) is 14.1 Å². The molecule has 124 valence electrons. The van der Waals surface area contributed by atoms with Gasteiger partial charge in [0.05, 0.1) is 13.3 Å². The summed E-state index contributed by atoms with van der Waals surface area (Å²) in [6.07, 6.45) is 0. The molecule has 0 fully saturated rings. The average Bonchev–Trinajstić information content (AvgIpc) is 2.47. The van der Waals surface area contributed by atoms with Crippen molar-refractivity contribution in [2.45, 2.75) is 0 Å². The summed E-state index contributed by atoms with van der Waals surface area (Å²) >= 11 is 0. The Morgan fingerprint density at radius 2 is 0.913 bits per heavy atom. The molecule has 0 spiro atoms. The standard InChI is InChI=1S/C18H28N2P3/c1-21(2,17-13-9-7-10-14-17)19-23(5,6)20-22(3,4)18-15-11-8-12-16-18/h7-16H,1-6H3/q+1. The lowest BCUT2D eigenvalue weighted by atomic mass is 10.4. The lowest BCUT2D eigenvalue weighted by Gasteiger charge is -2.20. The third-order valence-electron chi connectivity index (χ3n) is 3.66. The molecule has 0 saturated carbocycles. The van der Waals surface area contributed by atoms with Crippen molar-refractivity contribution in [2.24, 2.45) is 9.03 Å². The maximum absolute atomic E-state index is 5.31. The zero-order chi connectivity index (χ0) is 17.1. The number of rotatable bonds is 4. The molecule has 0 heterocycles. The van der Waals surface area contributed by atoms with E-state index in [0.29, 0.717) is 0 Å². The van der Waals surface area contributed by atoms with Gasteiger partial charge in [-0.15, -0.1) is 9.03 Å². The summed E-state index contributed by atoms with van der Waals surface area (Å²) in [5.41, 5.74) is 0. The van der Waals surface area contributed by atoms with Gasteiger partial charge >= 0.3 is 0 Å². The summed E-state index contributed by atoms with van der Waals surface area (Å²) in [4.78, 5) is 0. The molecule has 0 aliphatic heterocycles. The van der Waals surface area contributed by atoms with Gasteiger partial charge in [-0.1, -0.05) is 60.7 Å². The summed E-state index contributed by atoms with van der Waals surface area (Å²) in [6.45, 7) is 13.7. The van der Waals surface area contributed by atoms with Crippen LogP contribution >= 0.6 is 21.7 Å². The molecule has 0 bridgehead atoms. The predicted molar refractivity (Wildman–Crippen MR) is 113 cm³/mol. The zero-order valence-electron chi connectivity index (χ0n) is 15.0. The summed E-state index contributed by atoms with van der Waals surface area (Å²) in [7, 11) is -4.66. The van der Waals surface area contributed by atoms with E-state index in [2.05, 4.69) is 101 Å². The van der Waals surface area contributed by atoms with Gasteiger partial charge in [0.15, 0.2) is 0 Å². The number of benzene rings is 2. The quantitative estimate of drug-likeness (QED) is 0.624. The molecule has 5 heteroatoms. The van der Waals surface area contributed by atoms with Gasteiger partial charge in [-0.05, 0) is 37.3 Å². The van der Waals surface area contributed by atoms with Gasteiger partial charge < -0.3 is 0 Å².